The number of carboxylic acid groups (broad SMARTS) is 1. The van der Waals surface area contributed by atoms with Crippen molar-refractivity contribution in [3.63, 3.8) is 0 Å². The van der Waals surface area contributed by atoms with Gasteiger partial charge in [0, 0.05) is 19.7 Å². The van der Waals surface area contributed by atoms with Gasteiger partial charge in [-0.25, -0.2) is 4.79 Å². The molecule has 0 saturated carbocycles. The maximum absolute atomic E-state index is 11.0. The molecule has 0 aliphatic rings. The molecule has 1 aromatic carbocycles. The SMILES string of the molecule is O=C(O)N(CCCCCO)Cc1ccccc1. The van der Waals surface area contributed by atoms with E-state index in [1.165, 1.54) is 4.90 Å². The van der Waals surface area contributed by atoms with Crippen molar-refractivity contribution in [1.82, 2.24) is 4.90 Å². The summed E-state index contributed by atoms with van der Waals surface area (Å²) in [5.74, 6) is 0. The number of carbonyl (C=O) groups is 1. The zero-order valence-corrected chi connectivity index (χ0v) is 9.88. The fraction of sp³-hybridized carbons (Fsp3) is 0.462. The van der Waals surface area contributed by atoms with Crippen molar-refractivity contribution in [3.05, 3.63) is 35.9 Å². The number of hydrogen-bond acceptors (Lipinski definition) is 2. The molecule has 4 nitrogen and oxygen atoms in total. The number of aliphatic hydroxyl groups excluding tert-OH is 1. The highest BCUT2D eigenvalue weighted by Crippen LogP contribution is 2.06. The van der Waals surface area contributed by atoms with E-state index in [9.17, 15) is 4.79 Å². The maximum Gasteiger partial charge on any atom is 0.407 e. The van der Waals surface area contributed by atoms with Gasteiger partial charge in [-0.05, 0) is 24.8 Å². The highest BCUT2D eigenvalue weighted by Gasteiger charge is 2.11. The van der Waals surface area contributed by atoms with Crippen molar-refractivity contribution < 1.29 is 15.0 Å². The van der Waals surface area contributed by atoms with Crippen LogP contribution in [0.4, 0.5) is 4.79 Å². The van der Waals surface area contributed by atoms with Crippen LogP contribution in [0.3, 0.4) is 0 Å². The van der Waals surface area contributed by atoms with Crippen molar-refractivity contribution in [1.29, 1.82) is 0 Å². The molecule has 0 unspecified atom stereocenters. The van der Waals surface area contributed by atoms with E-state index in [2.05, 4.69) is 0 Å². The lowest BCUT2D eigenvalue weighted by Crippen LogP contribution is -2.29. The van der Waals surface area contributed by atoms with Crippen molar-refractivity contribution in [3.8, 4) is 0 Å². The van der Waals surface area contributed by atoms with Crippen molar-refractivity contribution in [2.75, 3.05) is 13.2 Å². The normalized spacial score (nSPS) is 10.2. The van der Waals surface area contributed by atoms with E-state index in [1.54, 1.807) is 0 Å². The summed E-state index contributed by atoms with van der Waals surface area (Å²) in [5.41, 5.74) is 0.997. The van der Waals surface area contributed by atoms with Crippen LogP contribution in [0.1, 0.15) is 24.8 Å². The second kappa shape index (κ2) is 7.68. The average Bonchev–Trinajstić information content (AvgIpc) is 2.34. The zero-order chi connectivity index (χ0) is 12.5. The number of benzene rings is 1. The van der Waals surface area contributed by atoms with Crippen molar-refractivity contribution in [2.45, 2.75) is 25.8 Å². The van der Waals surface area contributed by atoms with Gasteiger partial charge in [0.1, 0.15) is 0 Å². The fourth-order valence-corrected chi connectivity index (χ4v) is 1.64. The lowest BCUT2D eigenvalue weighted by molar-refractivity contribution is 0.141. The first-order chi connectivity index (χ1) is 8.24. The summed E-state index contributed by atoms with van der Waals surface area (Å²) in [6.45, 7) is 1.12. The molecule has 0 radical (unpaired) electrons. The molecule has 0 spiro atoms. The molecule has 0 atom stereocenters. The number of rotatable bonds is 7. The van der Waals surface area contributed by atoms with E-state index in [4.69, 9.17) is 10.2 Å². The van der Waals surface area contributed by atoms with E-state index in [0.29, 0.717) is 13.1 Å². The van der Waals surface area contributed by atoms with Gasteiger partial charge in [-0.15, -0.1) is 0 Å². The molecule has 94 valence electrons. The Labute approximate surface area is 101 Å². The predicted octanol–water partition coefficient (Wildman–Crippen LogP) is 2.33. The van der Waals surface area contributed by atoms with Crippen LogP contribution < -0.4 is 0 Å². The van der Waals surface area contributed by atoms with Gasteiger partial charge in [0.05, 0.1) is 0 Å². The third-order valence-corrected chi connectivity index (χ3v) is 2.57. The fourth-order valence-electron chi connectivity index (χ4n) is 1.64. The van der Waals surface area contributed by atoms with E-state index < -0.39 is 6.09 Å². The van der Waals surface area contributed by atoms with Crippen molar-refractivity contribution in [2.24, 2.45) is 0 Å². The summed E-state index contributed by atoms with van der Waals surface area (Å²) in [7, 11) is 0. The highest BCUT2D eigenvalue weighted by atomic mass is 16.4. The van der Waals surface area contributed by atoms with Gasteiger partial charge in [0.25, 0.3) is 0 Å². The van der Waals surface area contributed by atoms with Crippen LogP contribution in [0.2, 0.25) is 0 Å². The number of aliphatic hydroxyl groups is 1. The third-order valence-electron chi connectivity index (χ3n) is 2.57. The Bertz CT molecular complexity index is 327. The molecule has 0 heterocycles. The Balaban J connectivity index is 2.41. The van der Waals surface area contributed by atoms with Gasteiger partial charge >= 0.3 is 6.09 Å². The summed E-state index contributed by atoms with van der Waals surface area (Å²) in [6, 6.07) is 9.56. The topological polar surface area (TPSA) is 60.8 Å². The molecule has 0 saturated heterocycles. The largest absolute Gasteiger partial charge is 0.465 e. The van der Waals surface area contributed by atoms with Crippen molar-refractivity contribution >= 4 is 6.09 Å². The molecule has 0 aliphatic heterocycles. The summed E-state index contributed by atoms with van der Waals surface area (Å²) in [6.07, 6.45) is 1.49. The second-order valence-electron chi connectivity index (χ2n) is 3.97. The highest BCUT2D eigenvalue weighted by molar-refractivity contribution is 5.64. The Morgan fingerprint density at radius 2 is 1.82 bits per heavy atom. The minimum atomic E-state index is -0.891. The van der Waals surface area contributed by atoms with E-state index in [0.717, 1.165) is 24.8 Å². The molecule has 1 aromatic rings. The van der Waals surface area contributed by atoms with Crippen LogP contribution in [0, 0.1) is 0 Å². The van der Waals surface area contributed by atoms with Gasteiger partial charge in [-0.1, -0.05) is 30.3 Å². The van der Waals surface area contributed by atoms with Crippen LogP contribution in [-0.2, 0) is 6.54 Å². The van der Waals surface area contributed by atoms with Crippen LogP contribution in [0.25, 0.3) is 0 Å². The molecule has 0 aromatic heterocycles. The Morgan fingerprint density at radius 1 is 1.12 bits per heavy atom. The quantitative estimate of drug-likeness (QED) is 0.715. The Hall–Kier alpha value is -1.55. The smallest absolute Gasteiger partial charge is 0.407 e. The standard InChI is InChI=1S/C13H19NO3/c15-10-6-2-5-9-14(13(16)17)11-12-7-3-1-4-8-12/h1,3-4,7-8,15H,2,5-6,9-11H2,(H,16,17). The first kappa shape index (κ1) is 13.5. The Morgan fingerprint density at radius 3 is 2.41 bits per heavy atom. The number of amides is 1. The van der Waals surface area contributed by atoms with Crippen LogP contribution in [0.5, 0.6) is 0 Å². The molecule has 1 amide bonds. The van der Waals surface area contributed by atoms with Crippen LogP contribution in [0.15, 0.2) is 30.3 Å². The number of hydrogen-bond donors (Lipinski definition) is 2. The van der Waals surface area contributed by atoms with E-state index in [1.807, 2.05) is 30.3 Å². The number of nitrogens with zero attached hydrogens (tertiary/aromatic N) is 1. The molecule has 0 bridgehead atoms. The van der Waals surface area contributed by atoms with Gasteiger partial charge in [0.15, 0.2) is 0 Å². The minimum absolute atomic E-state index is 0.172. The maximum atomic E-state index is 11.0. The van der Waals surface area contributed by atoms with Gasteiger partial charge in [-0.2, -0.15) is 0 Å². The summed E-state index contributed by atoms with van der Waals surface area (Å²) in [4.78, 5) is 12.5. The molecule has 4 heteroatoms. The van der Waals surface area contributed by atoms with Gasteiger partial charge < -0.3 is 15.1 Å². The van der Waals surface area contributed by atoms with E-state index in [-0.39, 0.29) is 6.61 Å². The van der Waals surface area contributed by atoms with E-state index >= 15 is 0 Å². The third kappa shape index (κ3) is 5.36. The zero-order valence-electron chi connectivity index (χ0n) is 9.88. The summed E-state index contributed by atoms with van der Waals surface area (Å²) >= 11 is 0. The molecular formula is C13H19NO3. The monoisotopic (exact) mass is 237 g/mol. The lowest BCUT2D eigenvalue weighted by atomic mass is 10.2. The summed E-state index contributed by atoms with van der Waals surface area (Å²) < 4.78 is 0. The second-order valence-corrected chi connectivity index (χ2v) is 3.97. The molecule has 0 aliphatic carbocycles. The predicted molar refractivity (Wildman–Crippen MR) is 65.8 cm³/mol. The first-order valence-corrected chi connectivity index (χ1v) is 5.86. The first-order valence-electron chi connectivity index (χ1n) is 5.86. The molecule has 0 fully saturated rings. The molecule has 1 rings (SSSR count). The van der Waals surface area contributed by atoms with Gasteiger partial charge in [-0.3, -0.25) is 0 Å². The lowest BCUT2D eigenvalue weighted by Gasteiger charge is -2.19. The minimum Gasteiger partial charge on any atom is -0.465 e. The average molecular weight is 237 g/mol. The van der Waals surface area contributed by atoms with Gasteiger partial charge in [0.2, 0.25) is 0 Å². The summed E-state index contributed by atoms with van der Waals surface area (Å²) in [5, 5.41) is 17.7. The van der Waals surface area contributed by atoms with Crippen LogP contribution >= 0.6 is 0 Å². The molecule has 17 heavy (non-hydrogen) atoms. The Kier molecular flexibility index (Phi) is 6.10. The number of unbranched alkanes of at least 4 members (excludes halogenated alkanes) is 2. The molecular weight excluding hydrogens is 218 g/mol. The van der Waals surface area contributed by atoms with Crippen LogP contribution in [-0.4, -0.2) is 34.4 Å². The molecule has 2 N–H and O–H groups in total.